The summed E-state index contributed by atoms with van der Waals surface area (Å²) in [5.41, 5.74) is 3.14. The van der Waals surface area contributed by atoms with E-state index in [1.807, 2.05) is 83.4 Å². The van der Waals surface area contributed by atoms with Crippen LogP contribution in [0, 0.1) is 0 Å². The van der Waals surface area contributed by atoms with E-state index in [4.69, 9.17) is 9.72 Å². The fourth-order valence-corrected chi connectivity index (χ4v) is 4.40. The van der Waals surface area contributed by atoms with E-state index in [1.54, 1.807) is 12.0 Å². The fraction of sp³-hybridized carbons (Fsp3) is 0.192. The first-order valence-corrected chi connectivity index (χ1v) is 10.6. The first-order chi connectivity index (χ1) is 15.7. The minimum atomic E-state index is -0.122. The van der Waals surface area contributed by atoms with Gasteiger partial charge in [-0.05, 0) is 24.3 Å². The summed E-state index contributed by atoms with van der Waals surface area (Å²) in [7, 11) is 1.60. The highest BCUT2D eigenvalue weighted by atomic mass is 16.5. The van der Waals surface area contributed by atoms with Gasteiger partial charge in [0.1, 0.15) is 11.6 Å². The zero-order chi connectivity index (χ0) is 22.1. The smallest absolute Gasteiger partial charge is 0.227 e. The van der Waals surface area contributed by atoms with Crippen molar-refractivity contribution in [2.75, 3.05) is 18.6 Å². The molecule has 0 spiro atoms. The summed E-state index contributed by atoms with van der Waals surface area (Å²) in [4.78, 5) is 32.6. The van der Waals surface area contributed by atoms with E-state index in [2.05, 4.69) is 0 Å². The summed E-state index contributed by atoms with van der Waals surface area (Å²) in [5, 5.41) is 0. The number of hydrogen-bond acceptors (Lipinski definition) is 4. The molecule has 0 unspecified atom stereocenters. The van der Waals surface area contributed by atoms with E-state index >= 15 is 0 Å². The van der Waals surface area contributed by atoms with E-state index < -0.39 is 0 Å². The minimum absolute atomic E-state index is 0.0147. The van der Waals surface area contributed by atoms with Crippen molar-refractivity contribution < 1.29 is 14.3 Å². The molecule has 32 heavy (non-hydrogen) atoms. The van der Waals surface area contributed by atoms with Gasteiger partial charge in [-0.1, -0.05) is 54.6 Å². The van der Waals surface area contributed by atoms with Crippen molar-refractivity contribution >= 4 is 28.4 Å². The molecule has 1 amide bonds. The van der Waals surface area contributed by atoms with Gasteiger partial charge in [-0.3, -0.25) is 9.59 Å². The summed E-state index contributed by atoms with van der Waals surface area (Å²) >= 11 is 0. The van der Waals surface area contributed by atoms with Crippen LogP contribution in [0.15, 0.2) is 78.9 Å². The molecule has 1 fully saturated rings. The van der Waals surface area contributed by atoms with Crippen molar-refractivity contribution in [3.8, 4) is 5.75 Å². The predicted molar refractivity (Wildman–Crippen MR) is 123 cm³/mol. The van der Waals surface area contributed by atoms with Crippen LogP contribution in [0.4, 0.5) is 5.69 Å². The number of carbonyl (C=O) groups is 2. The Morgan fingerprint density at radius 2 is 1.72 bits per heavy atom. The Kier molecular flexibility index (Phi) is 5.19. The van der Waals surface area contributed by atoms with Crippen LogP contribution >= 0.6 is 0 Å². The maximum atomic E-state index is 13.0. The predicted octanol–water partition coefficient (Wildman–Crippen LogP) is 4.45. The first kappa shape index (κ1) is 20.0. The molecule has 4 aromatic rings. The molecule has 160 valence electrons. The lowest BCUT2D eigenvalue weighted by molar-refractivity contribution is -0.117. The highest BCUT2D eigenvalue weighted by Crippen LogP contribution is 2.37. The highest BCUT2D eigenvalue weighted by Gasteiger charge is 2.36. The summed E-state index contributed by atoms with van der Waals surface area (Å²) < 4.78 is 7.43. The zero-order valence-electron chi connectivity index (χ0n) is 17.8. The van der Waals surface area contributed by atoms with Gasteiger partial charge < -0.3 is 14.2 Å². The zero-order valence-corrected chi connectivity index (χ0v) is 17.8. The normalized spacial score (nSPS) is 16.0. The maximum absolute atomic E-state index is 13.0. The third kappa shape index (κ3) is 3.54. The number of fused-ring (bicyclic) bond motifs is 1. The highest BCUT2D eigenvalue weighted by molar-refractivity contribution is 5.98. The lowest BCUT2D eigenvalue weighted by Crippen LogP contribution is -2.25. The van der Waals surface area contributed by atoms with E-state index in [9.17, 15) is 9.59 Å². The number of carbonyl (C=O) groups excluding carboxylic acids is 2. The van der Waals surface area contributed by atoms with Crippen molar-refractivity contribution in [2.24, 2.45) is 0 Å². The van der Waals surface area contributed by atoms with Crippen molar-refractivity contribution in [2.45, 2.75) is 18.9 Å². The quantitative estimate of drug-likeness (QED) is 0.428. The molecule has 0 radical (unpaired) electrons. The molecule has 6 heteroatoms. The van der Waals surface area contributed by atoms with Crippen LogP contribution in [-0.2, 0) is 11.3 Å². The third-order valence-electron chi connectivity index (χ3n) is 5.95. The molecule has 1 aliphatic heterocycles. The molecule has 2 heterocycles. The second-order valence-corrected chi connectivity index (χ2v) is 7.91. The van der Waals surface area contributed by atoms with Crippen LogP contribution in [0.25, 0.3) is 11.0 Å². The van der Waals surface area contributed by atoms with Gasteiger partial charge in [-0.15, -0.1) is 0 Å². The van der Waals surface area contributed by atoms with E-state index in [0.29, 0.717) is 24.3 Å². The number of methoxy groups -OCH3 is 1. The molecule has 1 atom stereocenters. The molecule has 0 N–H and O–H groups in total. The van der Waals surface area contributed by atoms with Crippen LogP contribution in [0.3, 0.4) is 0 Å². The number of aromatic nitrogens is 2. The van der Waals surface area contributed by atoms with Gasteiger partial charge in [-0.2, -0.15) is 0 Å². The monoisotopic (exact) mass is 425 g/mol. The van der Waals surface area contributed by atoms with Gasteiger partial charge in [0.25, 0.3) is 0 Å². The molecule has 1 saturated heterocycles. The van der Waals surface area contributed by atoms with Crippen LogP contribution in [-0.4, -0.2) is 34.9 Å². The molecule has 1 aromatic heterocycles. The molecule has 3 aromatic carbocycles. The summed E-state index contributed by atoms with van der Waals surface area (Å²) in [6, 6.07) is 24.6. The number of anilines is 1. The number of ether oxygens (including phenoxy) is 1. The Balaban J connectivity index is 1.51. The minimum Gasteiger partial charge on any atom is -0.495 e. The number of benzene rings is 3. The van der Waals surface area contributed by atoms with E-state index in [0.717, 1.165) is 22.5 Å². The number of Topliss-reactive ketones (excluding diaryl/α,β-unsaturated/α-hetero) is 1. The molecule has 5 rings (SSSR count). The van der Waals surface area contributed by atoms with Gasteiger partial charge >= 0.3 is 0 Å². The molecule has 0 bridgehead atoms. The number of nitrogens with zero attached hydrogens (tertiary/aromatic N) is 3. The molecule has 0 aliphatic carbocycles. The number of imidazole rings is 1. The van der Waals surface area contributed by atoms with Crippen molar-refractivity contribution in [1.29, 1.82) is 0 Å². The molecule has 1 aliphatic rings. The molecular weight excluding hydrogens is 402 g/mol. The standard InChI is InChI=1S/C26H23N3O3/c1-32-24-14-8-7-13-22(24)28-16-19(15-25(28)31)26-27-20-11-5-6-12-21(20)29(26)17-23(30)18-9-3-2-4-10-18/h2-14,19H,15-17H2,1H3/t19-/m0/s1. The Labute approximate surface area is 186 Å². The number of amides is 1. The summed E-state index contributed by atoms with van der Waals surface area (Å²) in [5.74, 6) is 1.34. The van der Waals surface area contributed by atoms with Crippen LogP contribution in [0.2, 0.25) is 0 Å². The molecular formula is C26H23N3O3. The fourth-order valence-electron chi connectivity index (χ4n) is 4.40. The van der Waals surface area contributed by atoms with Gasteiger partial charge in [0.05, 0.1) is 30.4 Å². The molecule has 6 nitrogen and oxygen atoms in total. The van der Waals surface area contributed by atoms with Gasteiger partial charge in [0.2, 0.25) is 5.91 Å². The Morgan fingerprint density at radius 3 is 2.53 bits per heavy atom. The summed E-state index contributed by atoms with van der Waals surface area (Å²) in [6.45, 7) is 0.668. The van der Waals surface area contributed by atoms with Gasteiger partial charge in [0, 0.05) is 24.4 Å². The van der Waals surface area contributed by atoms with E-state index in [-0.39, 0.29) is 24.2 Å². The third-order valence-corrected chi connectivity index (χ3v) is 5.95. The van der Waals surface area contributed by atoms with Crippen molar-refractivity contribution in [3.05, 3.63) is 90.3 Å². The van der Waals surface area contributed by atoms with Crippen molar-refractivity contribution in [3.63, 3.8) is 0 Å². The van der Waals surface area contributed by atoms with Gasteiger partial charge in [-0.25, -0.2) is 4.98 Å². The maximum Gasteiger partial charge on any atom is 0.227 e. The lowest BCUT2D eigenvalue weighted by atomic mass is 10.1. The first-order valence-electron chi connectivity index (χ1n) is 10.6. The Morgan fingerprint density at radius 1 is 1.00 bits per heavy atom. The Bertz CT molecular complexity index is 1300. The summed E-state index contributed by atoms with van der Waals surface area (Å²) in [6.07, 6.45) is 0.334. The average molecular weight is 425 g/mol. The Hall–Kier alpha value is -3.93. The largest absolute Gasteiger partial charge is 0.495 e. The number of hydrogen-bond donors (Lipinski definition) is 0. The van der Waals surface area contributed by atoms with Crippen LogP contribution in [0.5, 0.6) is 5.75 Å². The number of para-hydroxylation sites is 4. The topological polar surface area (TPSA) is 64.4 Å². The van der Waals surface area contributed by atoms with Crippen LogP contribution in [0.1, 0.15) is 28.5 Å². The second-order valence-electron chi connectivity index (χ2n) is 7.91. The SMILES string of the molecule is COc1ccccc1N1C[C@@H](c2nc3ccccc3n2CC(=O)c2ccccc2)CC1=O. The van der Waals surface area contributed by atoms with E-state index in [1.165, 1.54) is 0 Å². The molecule has 0 saturated carbocycles. The average Bonchev–Trinajstić information content (AvgIpc) is 3.40. The van der Waals surface area contributed by atoms with Crippen molar-refractivity contribution in [1.82, 2.24) is 9.55 Å². The number of ketones is 1. The number of rotatable bonds is 6. The second kappa shape index (κ2) is 8.30. The van der Waals surface area contributed by atoms with Gasteiger partial charge in [0.15, 0.2) is 5.78 Å². The van der Waals surface area contributed by atoms with Crippen LogP contribution < -0.4 is 9.64 Å². The lowest BCUT2D eigenvalue weighted by Gasteiger charge is -2.19.